The summed E-state index contributed by atoms with van der Waals surface area (Å²) in [6.45, 7) is 3.96. The molecule has 1 amide bonds. The van der Waals surface area contributed by atoms with Crippen molar-refractivity contribution < 1.29 is 23.5 Å². The third-order valence-electron chi connectivity index (χ3n) is 4.05. The van der Waals surface area contributed by atoms with Gasteiger partial charge >= 0.3 is 5.97 Å². The number of rotatable bonds is 8. The van der Waals surface area contributed by atoms with Crippen LogP contribution in [0.4, 0.5) is 4.39 Å². The third kappa shape index (κ3) is 6.11. The van der Waals surface area contributed by atoms with Gasteiger partial charge in [0, 0.05) is 5.56 Å². The van der Waals surface area contributed by atoms with Crippen LogP contribution in [0.25, 0.3) is 0 Å². The number of benzene rings is 3. The first-order valence-corrected chi connectivity index (χ1v) is 9.31. The van der Waals surface area contributed by atoms with Crippen LogP contribution in [0.1, 0.15) is 26.3 Å². The average Bonchev–Trinajstić information content (AvgIpc) is 2.79. The first-order valence-electron chi connectivity index (χ1n) is 9.31. The molecule has 0 radical (unpaired) electrons. The van der Waals surface area contributed by atoms with E-state index in [2.05, 4.69) is 17.1 Å². The van der Waals surface area contributed by atoms with Gasteiger partial charge in [0.05, 0.1) is 11.8 Å². The highest BCUT2D eigenvalue weighted by atomic mass is 19.1. The molecule has 0 unspecified atom stereocenters. The monoisotopic (exact) mass is 418 g/mol. The van der Waals surface area contributed by atoms with Crippen molar-refractivity contribution in [2.24, 2.45) is 5.10 Å². The van der Waals surface area contributed by atoms with Crippen LogP contribution >= 0.6 is 0 Å². The second-order valence-corrected chi connectivity index (χ2v) is 6.26. The number of hydrogen-bond acceptors (Lipinski definition) is 5. The molecular weight excluding hydrogens is 399 g/mol. The maximum Gasteiger partial charge on any atom is 0.346 e. The van der Waals surface area contributed by atoms with Crippen molar-refractivity contribution in [1.82, 2.24) is 5.43 Å². The highest BCUT2D eigenvalue weighted by Crippen LogP contribution is 2.15. The van der Waals surface area contributed by atoms with Crippen molar-refractivity contribution in [3.05, 3.63) is 108 Å². The highest BCUT2D eigenvalue weighted by molar-refractivity contribution is 5.95. The quantitative estimate of drug-likeness (QED) is 0.194. The molecule has 31 heavy (non-hydrogen) atoms. The Bertz CT molecular complexity index is 1090. The minimum absolute atomic E-state index is 0.142. The van der Waals surface area contributed by atoms with Crippen LogP contribution in [0.3, 0.4) is 0 Å². The maximum absolute atomic E-state index is 13.6. The first-order chi connectivity index (χ1) is 15.1. The summed E-state index contributed by atoms with van der Waals surface area (Å²) in [4.78, 5) is 24.2. The molecule has 0 atom stereocenters. The van der Waals surface area contributed by atoms with Crippen molar-refractivity contribution in [3.8, 4) is 11.5 Å². The number of hydrazone groups is 1. The minimum atomic E-state index is -0.785. The van der Waals surface area contributed by atoms with Gasteiger partial charge in [0.1, 0.15) is 23.9 Å². The van der Waals surface area contributed by atoms with Gasteiger partial charge in [-0.25, -0.2) is 14.6 Å². The van der Waals surface area contributed by atoms with Crippen LogP contribution in [-0.4, -0.2) is 24.7 Å². The molecular formula is C24H19FN2O4. The van der Waals surface area contributed by atoms with E-state index in [0.717, 1.165) is 0 Å². The molecule has 0 aliphatic heterocycles. The molecule has 3 aromatic carbocycles. The molecule has 6 nitrogen and oxygen atoms in total. The number of amides is 1. The Hall–Kier alpha value is -4.26. The molecule has 0 saturated heterocycles. The van der Waals surface area contributed by atoms with E-state index in [4.69, 9.17) is 9.47 Å². The number of hydrogen-bond donors (Lipinski definition) is 1. The lowest BCUT2D eigenvalue weighted by molar-refractivity contribution is 0.0729. The first kappa shape index (κ1) is 21.4. The lowest BCUT2D eigenvalue weighted by Crippen LogP contribution is -2.17. The average molecular weight is 418 g/mol. The summed E-state index contributed by atoms with van der Waals surface area (Å²) in [5.41, 5.74) is 3.38. The van der Waals surface area contributed by atoms with Crippen molar-refractivity contribution >= 4 is 18.1 Å². The lowest BCUT2D eigenvalue weighted by Gasteiger charge is -2.05. The normalized spacial score (nSPS) is 10.5. The van der Waals surface area contributed by atoms with E-state index in [1.165, 1.54) is 24.4 Å². The number of nitrogens with one attached hydrogen (secondary N) is 1. The molecule has 0 fully saturated rings. The molecule has 0 aromatic heterocycles. The van der Waals surface area contributed by atoms with Crippen molar-refractivity contribution in [2.75, 3.05) is 6.61 Å². The molecule has 0 spiro atoms. The molecule has 0 aliphatic carbocycles. The molecule has 1 N–H and O–H groups in total. The summed E-state index contributed by atoms with van der Waals surface area (Å²) in [5, 5.41) is 3.91. The lowest BCUT2D eigenvalue weighted by atomic mass is 10.2. The summed E-state index contributed by atoms with van der Waals surface area (Å²) in [6, 6.07) is 18.6. The number of nitrogens with zero attached hydrogens (tertiary/aromatic N) is 1. The molecule has 0 saturated carbocycles. The predicted octanol–water partition coefficient (Wildman–Crippen LogP) is 4.37. The van der Waals surface area contributed by atoms with Crippen LogP contribution in [0.5, 0.6) is 11.5 Å². The van der Waals surface area contributed by atoms with Crippen molar-refractivity contribution in [1.29, 1.82) is 0 Å². The van der Waals surface area contributed by atoms with E-state index in [1.807, 2.05) is 0 Å². The molecule has 3 aromatic rings. The zero-order valence-corrected chi connectivity index (χ0v) is 16.5. The Morgan fingerprint density at radius 1 is 0.968 bits per heavy atom. The molecule has 156 valence electrons. The largest absolute Gasteiger partial charge is 0.490 e. The van der Waals surface area contributed by atoms with Crippen LogP contribution in [-0.2, 0) is 0 Å². The SMILES string of the molecule is C=CCOc1ccc(C(=O)N/N=C\c2ccc(OC(=O)c3ccccc3F)cc2)cc1. The predicted molar refractivity (Wildman–Crippen MR) is 115 cm³/mol. The Balaban J connectivity index is 1.53. The van der Waals surface area contributed by atoms with Gasteiger partial charge in [-0.2, -0.15) is 5.10 Å². The zero-order chi connectivity index (χ0) is 22.1. The number of ether oxygens (including phenoxy) is 2. The van der Waals surface area contributed by atoms with E-state index < -0.39 is 11.8 Å². The molecule has 0 aliphatic rings. The standard InChI is InChI=1S/C24H19FN2O4/c1-2-15-30-19-13-9-18(10-14-19)23(28)27-26-16-17-7-11-20(12-8-17)31-24(29)21-5-3-4-6-22(21)25/h2-14,16H,1,15H2,(H,27,28)/b26-16-. The second-order valence-electron chi connectivity index (χ2n) is 6.26. The van der Waals surface area contributed by atoms with E-state index in [1.54, 1.807) is 60.7 Å². The van der Waals surface area contributed by atoms with Gasteiger partial charge in [-0.3, -0.25) is 4.79 Å². The van der Waals surface area contributed by atoms with Crippen LogP contribution < -0.4 is 14.9 Å². The van der Waals surface area contributed by atoms with Crippen molar-refractivity contribution in [2.45, 2.75) is 0 Å². The minimum Gasteiger partial charge on any atom is -0.490 e. The maximum atomic E-state index is 13.6. The van der Waals surface area contributed by atoms with Gasteiger partial charge in [0.2, 0.25) is 0 Å². The fourth-order valence-electron chi connectivity index (χ4n) is 2.50. The number of halogens is 1. The molecule has 0 bridgehead atoms. The Labute approximate surface area is 178 Å². The van der Waals surface area contributed by atoms with Gasteiger partial charge in [-0.05, 0) is 66.2 Å². The van der Waals surface area contributed by atoms with Gasteiger partial charge < -0.3 is 9.47 Å². The van der Waals surface area contributed by atoms with Crippen LogP contribution in [0.2, 0.25) is 0 Å². The highest BCUT2D eigenvalue weighted by Gasteiger charge is 2.13. The molecule has 0 heterocycles. The molecule has 3 rings (SSSR count). The Morgan fingerprint density at radius 2 is 1.65 bits per heavy atom. The Morgan fingerprint density at radius 3 is 2.32 bits per heavy atom. The molecule has 7 heteroatoms. The summed E-state index contributed by atoms with van der Waals surface area (Å²) in [6.07, 6.45) is 3.08. The van der Waals surface area contributed by atoms with Gasteiger partial charge in [0.25, 0.3) is 5.91 Å². The van der Waals surface area contributed by atoms with E-state index >= 15 is 0 Å². The zero-order valence-electron chi connectivity index (χ0n) is 16.5. The number of carbonyl (C=O) groups is 2. The summed E-state index contributed by atoms with van der Waals surface area (Å²) < 4.78 is 24.2. The van der Waals surface area contributed by atoms with Gasteiger partial charge in [0.15, 0.2) is 0 Å². The summed E-state index contributed by atoms with van der Waals surface area (Å²) in [7, 11) is 0. The van der Waals surface area contributed by atoms with E-state index in [9.17, 15) is 14.0 Å². The number of esters is 1. The topological polar surface area (TPSA) is 77.0 Å². The van der Waals surface area contributed by atoms with Gasteiger partial charge in [-0.1, -0.05) is 24.8 Å². The van der Waals surface area contributed by atoms with Crippen LogP contribution in [0.15, 0.2) is 90.6 Å². The van der Waals surface area contributed by atoms with Crippen molar-refractivity contribution in [3.63, 3.8) is 0 Å². The summed E-state index contributed by atoms with van der Waals surface area (Å²) in [5.74, 6) is -0.912. The third-order valence-corrected chi connectivity index (χ3v) is 4.05. The smallest absolute Gasteiger partial charge is 0.346 e. The van der Waals surface area contributed by atoms with E-state index in [-0.39, 0.29) is 17.2 Å². The van der Waals surface area contributed by atoms with Gasteiger partial charge in [-0.15, -0.1) is 0 Å². The fraction of sp³-hybridized carbons (Fsp3) is 0.0417. The summed E-state index contributed by atoms with van der Waals surface area (Å²) >= 11 is 0. The fourth-order valence-corrected chi connectivity index (χ4v) is 2.50. The van der Waals surface area contributed by atoms with Crippen LogP contribution in [0, 0.1) is 5.82 Å². The number of carbonyl (C=O) groups excluding carboxylic acids is 2. The Kier molecular flexibility index (Phi) is 7.26. The van der Waals surface area contributed by atoms with E-state index in [0.29, 0.717) is 23.5 Å². The second kappa shape index (κ2) is 10.5.